The molecule has 1 aliphatic heterocycles. The Hall–Kier alpha value is -1.18. The summed E-state index contributed by atoms with van der Waals surface area (Å²) in [5, 5.41) is 37.9. The summed E-state index contributed by atoms with van der Waals surface area (Å²) in [4.78, 5) is 0. The van der Waals surface area contributed by atoms with E-state index < -0.39 is 37.3 Å². The van der Waals surface area contributed by atoms with Crippen LogP contribution in [0, 0.1) is 6.07 Å². The predicted molar refractivity (Wildman–Crippen MR) is 59.7 cm³/mol. The zero-order valence-corrected chi connectivity index (χ0v) is 9.51. The number of aliphatic hydroxyl groups excluding tert-OH is 4. The highest BCUT2D eigenvalue weighted by Crippen LogP contribution is 2.23. The van der Waals surface area contributed by atoms with Gasteiger partial charge in [0, 0.05) is 0 Å². The molecule has 1 aliphatic rings. The highest BCUT2D eigenvalue weighted by molar-refractivity contribution is 5.20. The molecule has 1 fully saturated rings. The molecule has 0 bridgehead atoms. The van der Waals surface area contributed by atoms with Crippen LogP contribution < -0.4 is 4.74 Å². The molecule has 18 heavy (non-hydrogen) atoms. The maximum Gasteiger partial charge on any atom is 0.229 e. The molecule has 0 spiro atoms. The first-order chi connectivity index (χ1) is 8.63. The summed E-state index contributed by atoms with van der Waals surface area (Å²) in [5.41, 5.74) is 0. The topological polar surface area (TPSA) is 99.4 Å². The summed E-state index contributed by atoms with van der Waals surface area (Å²) in [7, 11) is 0. The summed E-state index contributed by atoms with van der Waals surface area (Å²) in [6.07, 6.45) is -6.33. The summed E-state index contributed by atoms with van der Waals surface area (Å²) in [5.74, 6) is 0.429. The van der Waals surface area contributed by atoms with Crippen molar-refractivity contribution < 1.29 is 29.9 Å². The van der Waals surface area contributed by atoms with Crippen LogP contribution in [0.15, 0.2) is 24.3 Å². The Kier molecular flexibility index (Phi) is 4.15. The Morgan fingerprint density at radius 3 is 2.39 bits per heavy atom. The molecule has 1 aromatic carbocycles. The van der Waals surface area contributed by atoms with Crippen LogP contribution in [-0.4, -0.2) is 57.7 Å². The van der Waals surface area contributed by atoms with E-state index in [0.29, 0.717) is 5.75 Å². The van der Waals surface area contributed by atoms with Gasteiger partial charge in [-0.05, 0) is 18.2 Å². The molecule has 0 unspecified atom stereocenters. The third kappa shape index (κ3) is 2.63. The minimum Gasteiger partial charge on any atom is -0.462 e. The van der Waals surface area contributed by atoms with E-state index in [4.69, 9.17) is 14.6 Å². The number of hydrogen-bond acceptors (Lipinski definition) is 6. The fourth-order valence-electron chi connectivity index (χ4n) is 1.75. The van der Waals surface area contributed by atoms with Gasteiger partial charge in [-0.15, -0.1) is 0 Å². The van der Waals surface area contributed by atoms with Crippen molar-refractivity contribution in [3.8, 4) is 5.75 Å². The van der Waals surface area contributed by atoms with E-state index in [0.717, 1.165) is 0 Å². The van der Waals surface area contributed by atoms with Crippen LogP contribution >= 0.6 is 0 Å². The fourth-order valence-corrected chi connectivity index (χ4v) is 1.75. The van der Waals surface area contributed by atoms with Gasteiger partial charge in [-0.3, -0.25) is 0 Å². The van der Waals surface area contributed by atoms with Crippen LogP contribution in [0.2, 0.25) is 0 Å². The molecular formula is C12H15O6. The number of ether oxygens (including phenoxy) is 2. The van der Waals surface area contributed by atoms with Crippen molar-refractivity contribution in [3.05, 3.63) is 30.3 Å². The zero-order chi connectivity index (χ0) is 13.1. The van der Waals surface area contributed by atoms with Gasteiger partial charge in [0.2, 0.25) is 6.29 Å². The lowest BCUT2D eigenvalue weighted by atomic mass is 9.99. The second kappa shape index (κ2) is 5.64. The van der Waals surface area contributed by atoms with Crippen molar-refractivity contribution >= 4 is 0 Å². The van der Waals surface area contributed by atoms with Crippen LogP contribution in [0.3, 0.4) is 0 Å². The van der Waals surface area contributed by atoms with Crippen LogP contribution in [-0.2, 0) is 4.74 Å². The average Bonchev–Trinajstić information content (AvgIpc) is 2.40. The molecule has 4 N–H and O–H groups in total. The monoisotopic (exact) mass is 255 g/mol. The van der Waals surface area contributed by atoms with E-state index >= 15 is 0 Å². The SMILES string of the molecule is OC[C@H]1O[C@@H](Oc2cc[c]cc2)[C@@H](O)[C@@H](O)[C@@H]1O. The standard InChI is InChI=1S/C12H15O6/c13-6-8-9(14)10(15)11(16)12(18-8)17-7-4-2-1-3-5-7/h2-5,8-16H,6H2/t8-,9-,10+,11+,12-/m1/s1. The van der Waals surface area contributed by atoms with E-state index in [2.05, 4.69) is 6.07 Å². The van der Waals surface area contributed by atoms with Crippen molar-refractivity contribution in [1.82, 2.24) is 0 Å². The van der Waals surface area contributed by atoms with Gasteiger partial charge in [-0.25, -0.2) is 0 Å². The van der Waals surface area contributed by atoms with E-state index in [1.165, 1.54) is 0 Å². The number of hydrogen-bond donors (Lipinski definition) is 4. The maximum atomic E-state index is 9.73. The van der Waals surface area contributed by atoms with Crippen LogP contribution in [0.25, 0.3) is 0 Å². The molecule has 1 saturated heterocycles. The summed E-state index contributed by atoms with van der Waals surface area (Å²) in [6, 6.07) is 9.28. The third-order valence-corrected chi connectivity index (χ3v) is 2.79. The van der Waals surface area contributed by atoms with Gasteiger partial charge in [0.15, 0.2) is 0 Å². The average molecular weight is 255 g/mol. The quantitative estimate of drug-likeness (QED) is 0.534. The van der Waals surface area contributed by atoms with Gasteiger partial charge in [0.05, 0.1) is 6.61 Å². The highest BCUT2D eigenvalue weighted by Gasteiger charge is 2.44. The molecule has 0 amide bonds. The molecule has 6 heteroatoms. The molecule has 0 aliphatic carbocycles. The van der Waals surface area contributed by atoms with Crippen molar-refractivity contribution in [2.24, 2.45) is 0 Å². The molecule has 99 valence electrons. The maximum absolute atomic E-state index is 9.73. The first-order valence-electron chi connectivity index (χ1n) is 5.57. The summed E-state index contributed by atoms with van der Waals surface area (Å²) in [6.45, 7) is -0.479. The second-order valence-corrected chi connectivity index (χ2v) is 4.05. The summed E-state index contributed by atoms with van der Waals surface area (Å²) < 4.78 is 10.5. The molecule has 0 aromatic heterocycles. The molecule has 1 radical (unpaired) electrons. The Morgan fingerprint density at radius 1 is 1.11 bits per heavy atom. The van der Waals surface area contributed by atoms with E-state index in [1.54, 1.807) is 24.3 Å². The second-order valence-electron chi connectivity index (χ2n) is 4.05. The lowest BCUT2D eigenvalue weighted by Gasteiger charge is -2.39. The lowest BCUT2D eigenvalue weighted by Crippen LogP contribution is -2.60. The predicted octanol–water partition coefficient (Wildman–Crippen LogP) is -1.33. The first kappa shape index (κ1) is 13.3. The smallest absolute Gasteiger partial charge is 0.229 e. The Balaban J connectivity index is 2.08. The Bertz CT molecular complexity index is 368. The number of aliphatic hydroxyl groups is 4. The fraction of sp³-hybridized carbons (Fsp3) is 0.500. The van der Waals surface area contributed by atoms with E-state index in [-0.39, 0.29) is 0 Å². The highest BCUT2D eigenvalue weighted by atomic mass is 16.7. The molecule has 1 heterocycles. The van der Waals surface area contributed by atoms with Gasteiger partial charge in [-0.2, -0.15) is 0 Å². The molecular weight excluding hydrogens is 240 g/mol. The van der Waals surface area contributed by atoms with Crippen molar-refractivity contribution in [2.45, 2.75) is 30.7 Å². The minimum atomic E-state index is -1.43. The largest absolute Gasteiger partial charge is 0.462 e. The van der Waals surface area contributed by atoms with Crippen LogP contribution in [0.5, 0.6) is 5.75 Å². The third-order valence-electron chi connectivity index (χ3n) is 2.79. The van der Waals surface area contributed by atoms with Crippen molar-refractivity contribution in [1.29, 1.82) is 0 Å². The summed E-state index contributed by atoms with van der Waals surface area (Å²) >= 11 is 0. The molecule has 1 aromatic rings. The van der Waals surface area contributed by atoms with Crippen molar-refractivity contribution in [2.75, 3.05) is 6.61 Å². The normalized spacial score (nSPS) is 36.3. The Morgan fingerprint density at radius 2 is 1.78 bits per heavy atom. The van der Waals surface area contributed by atoms with Crippen LogP contribution in [0.1, 0.15) is 0 Å². The van der Waals surface area contributed by atoms with Crippen LogP contribution in [0.4, 0.5) is 0 Å². The zero-order valence-electron chi connectivity index (χ0n) is 9.51. The van der Waals surface area contributed by atoms with Crippen molar-refractivity contribution in [3.63, 3.8) is 0 Å². The van der Waals surface area contributed by atoms with Gasteiger partial charge >= 0.3 is 0 Å². The van der Waals surface area contributed by atoms with E-state index in [1.807, 2.05) is 0 Å². The molecule has 2 rings (SSSR count). The number of rotatable bonds is 3. The minimum absolute atomic E-state index is 0.429. The first-order valence-corrected chi connectivity index (χ1v) is 5.57. The molecule has 0 saturated carbocycles. The van der Waals surface area contributed by atoms with Gasteiger partial charge in [0.25, 0.3) is 0 Å². The van der Waals surface area contributed by atoms with Gasteiger partial charge in [-0.1, -0.05) is 12.1 Å². The van der Waals surface area contributed by atoms with Gasteiger partial charge in [0.1, 0.15) is 30.2 Å². The van der Waals surface area contributed by atoms with E-state index in [9.17, 15) is 15.3 Å². The van der Waals surface area contributed by atoms with Gasteiger partial charge < -0.3 is 29.9 Å². The number of benzene rings is 1. The molecule has 6 nitrogen and oxygen atoms in total. The Labute approximate surface area is 104 Å². The lowest BCUT2D eigenvalue weighted by molar-refractivity contribution is -0.277. The molecule has 5 atom stereocenters.